The van der Waals surface area contributed by atoms with Crippen LogP contribution >= 0.6 is 0 Å². The molecule has 0 aliphatic rings. The Balaban J connectivity index is 2.24. The van der Waals surface area contributed by atoms with Crippen molar-refractivity contribution in [2.24, 2.45) is 5.92 Å². The lowest BCUT2D eigenvalue weighted by Gasteiger charge is -2.18. The Labute approximate surface area is 126 Å². The second-order valence-electron chi connectivity index (χ2n) is 4.89. The molecule has 2 heteroatoms. The van der Waals surface area contributed by atoms with Gasteiger partial charge >= 0.3 is 5.97 Å². The van der Waals surface area contributed by atoms with Crippen molar-refractivity contribution in [2.75, 3.05) is 6.61 Å². The van der Waals surface area contributed by atoms with Crippen LogP contribution in [0.25, 0.3) is 5.57 Å². The fourth-order valence-electron chi connectivity index (χ4n) is 2.29. The van der Waals surface area contributed by atoms with Gasteiger partial charge in [-0.25, -0.2) is 0 Å². The van der Waals surface area contributed by atoms with Gasteiger partial charge in [0.15, 0.2) is 0 Å². The number of hydrogen-bond donors (Lipinski definition) is 0. The van der Waals surface area contributed by atoms with Crippen molar-refractivity contribution in [1.29, 1.82) is 0 Å². The van der Waals surface area contributed by atoms with Crippen LogP contribution in [0.4, 0.5) is 0 Å². The zero-order valence-corrected chi connectivity index (χ0v) is 12.3. The summed E-state index contributed by atoms with van der Waals surface area (Å²) in [6.07, 6.45) is 0.605. The zero-order chi connectivity index (χ0) is 15.1. The maximum absolute atomic E-state index is 12.3. The van der Waals surface area contributed by atoms with E-state index in [0.29, 0.717) is 13.0 Å². The molecule has 1 atom stereocenters. The van der Waals surface area contributed by atoms with Crippen molar-refractivity contribution in [3.8, 4) is 0 Å². The molecule has 0 aliphatic carbocycles. The van der Waals surface area contributed by atoms with Crippen LogP contribution in [-0.2, 0) is 16.0 Å². The van der Waals surface area contributed by atoms with Crippen molar-refractivity contribution in [3.63, 3.8) is 0 Å². The molecule has 21 heavy (non-hydrogen) atoms. The zero-order valence-electron chi connectivity index (χ0n) is 12.3. The Morgan fingerprint density at radius 3 is 2.19 bits per heavy atom. The highest BCUT2D eigenvalue weighted by molar-refractivity contribution is 5.88. The summed E-state index contributed by atoms with van der Waals surface area (Å²) in [5.74, 6) is -0.565. The van der Waals surface area contributed by atoms with Gasteiger partial charge in [0.05, 0.1) is 12.5 Å². The Morgan fingerprint density at radius 1 is 1.05 bits per heavy atom. The van der Waals surface area contributed by atoms with Crippen LogP contribution in [-0.4, -0.2) is 12.6 Å². The molecule has 0 saturated carbocycles. The lowest BCUT2D eigenvalue weighted by molar-refractivity contribution is -0.145. The van der Waals surface area contributed by atoms with Crippen molar-refractivity contribution >= 4 is 11.5 Å². The van der Waals surface area contributed by atoms with Crippen molar-refractivity contribution in [1.82, 2.24) is 0 Å². The van der Waals surface area contributed by atoms with E-state index in [1.807, 2.05) is 67.6 Å². The summed E-state index contributed by atoms with van der Waals surface area (Å²) in [7, 11) is 0. The quantitative estimate of drug-likeness (QED) is 0.744. The van der Waals surface area contributed by atoms with E-state index in [0.717, 1.165) is 16.7 Å². The molecule has 108 valence electrons. The average molecular weight is 280 g/mol. The Bertz CT molecular complexity index is 587. The molecule has 0 aliphatic heterocycles. The van der Waals surface area contributed by atoms with Gasteiger partial charge in [-0.1, -0.05) is 67.2 Å². The van der Waals surface area contributed by atoms with E-state index in [4.69, 9.17) is 4.74 Å². The molecule has 0 bridgehead atoms. The topological polar surface area (TPSA) is 26.3 Å². The Kier molecular flexibility index (Phi) is 5.33. The predicted molar refractivity (Wildman–Crippen MR) is 85.7 cm³/mol. The van der Waals surface area contributed by atoms with Gasteiger partial charge in [-0.2, -0.15) is 0 Å². The summed E-state index contributed by atoms with van der Waals surface area (Å²) < 4.78 is 5.22. The summed E-state index contributed by atoms with van der Waals surface area (Å²) in [6, 6.07) is 19.7. The van der Waals surface area contributed by atoms with E-state index in [9.17, 15) is 4.79 Å². The molecule has 2 aromatic rings. The molecular weight excluding hydrogens is 260 g/mol. The molecule has 0 spiro atoms. The standard InChI is InChI=1S/C19H20O2/c1-3-21-19(20)18(14-16-10-6-4-7-11-16)15(2)17-12-8-5-9-13-17/h4-13,18H,2-3,14H2,1H3. The smallest absolute Gasteiger partial charge is 0.313 e. The minimum atomic E-state index is -0.352. The molecule has 2 rings (SSSR count). The van der Waals surface area contributed by atoms with Gasteiger partial charge in [-0.05, 0) is 30.0 Å². The van der Waals surface area contributed by atoms with Crippen molar-refractivity contribution in [2.45, 2.75) is 13.3 Å². The number of esters is 1. The molecule has 0 N–H and O–H groups in total. The first-order chi connectivity index (χ1) is 10.2. The Morgan fingerprint density at radius 2 is 1.62 bits per heavy atom. The van der Waals surface area contributed by atoms with Crippen LogP contribution in [0.1, 0.15) is 18.1 Å². The number of ether oxygens (including phenoxy) is 1. The monoisotopic (exact) mass is 280 g/mol. The van der Waals surface area contributed by atoms with Gasteiger partial charge in [0.1, 0.15) is 0 Å². The van der Waals surface area contributed by atoms with Gasteiger partial charge in [0.2, 0.25) is 0 Å². The van der Waals surface area contributed by atoms with E-state index in [-0.39, 0.29) is 11.9 Å². The van der Waals surface area contributed by atoms with Gasteiger partial charge in [0, 0.05) is 0 Å². The minimum Gasteiger partial charge on any atom is -0.466 e. The molecule has 0 heterocycles. The number of benzene rings is 2. The lowest BCUT2D eigenvalue weighted by atomic mass is 9.88. The summed E-state index contributed by atoms with van der Waals surface area (Å²) in [4.78, 5) is 12.3. The van der Waals surface area contributed by atoms with Gasteiger partial charge < -0.3 is 4.74 Å². The molecule has 1 unspecified atom stereocenters. The fraction of sp³-hybridized carbons (Fsp3) is 0.211. The SMILES string of the molecule is C=C(c1ccccc1)C(Cc1ccccc1)C(=O)OCC. The third-order valence-corrected chi connectivity index (χ3v) is 3.42. The maximum Gasteiger partial charge on any atom is 0.313 e. The number of carbonyl (C=O) groups is 1. The summed E-state index contributed by atoms with van der Waals surface area (Å²) in [6.45, 7) is 6.33. The molecule has 2 nitrogen and oxygen atoms in total. The van der Waals surface area contributed by atoms with E-state index in [2.05, 4.69) is 6.58 Å². The minimum absolute atomic E-state index is 0.213. The summed E-state index contributed by atoms with van der Waals surface area (Å²) in [5, 5.41) is 0. The summed E-state index contributed by atoms with van der Waals surface area (Å²) >= 11 is 0. The largest absolute Gasteiger partial charge is 0.466 e. The van der Waals surface area contributed by atoms with Crippen molar-refractivity contribution < 1.29 is 9.53 Å². The predicted octanol–water partition coefficient (Wildman–Crippen LogP) is 4.12. The Hall–Kier alpha value is -2.35. The second-order valence-corrected chi connectivity index (χ2v) is 4.89. The van der Waals surface area contributed by atoms with E-state index < -0.39 is 0 Å². The highest BCUT2D eigenvalue weighted by Gasteiger charge is 2.24. The highest BCUT2D eigenvalue weighted by Crippen LogP contribution is 2.26. The van der Waals surface area contributed by atoms with E-state index in [1.165, 1.54) is 0 Å². The normalized spacial score (nSPS) is 11.7. The molecule has 0 amide bonds. The first kappa shape index (κ1) is 15.0. The van der Waals surface area contributed by atoms with Gasteiger partial charge in [-0.15, -0.1) is 0 Å². The molecule has 0 aromatic heterocycles. The molecule has 0 saturated heterocycles. The first-order valence-corrected chi connectivity index (χ1v) is 7.17. The first-order valence-electron chi connectivity index (χ1n) is 7.17. The molecule has 0 fully saturated rings. The third kappa shape index (κ3) is 4.06. The van der Waals surface area contributed by atoms with Crippen LogP contribution < -0.4 is 0 Å². The third-order valence-electron chi connectivity index (χ3n) is 3.42. The van der Waals surface area contributed by atoms with E-state index >= 15 is 0 Å². The van der Waals surface area contributed by atoms with Crippen LogP contribution in [0.5, 0.6) is 0 Å². The molecular formula is C19H20O2. The molecule has 0 radical (unpaired) electrons. The molecule has 2 aromatic carbocycles. The van der Waals surface area contributed by atoms with Crippen LogP contribution in [0.15, 0.2) is 67.2 Å². The highest BCUT2D eigenvalue weighted by atomic mass is 16.5. The van der Waals surface area contributed by atoms with Gasteiger partial charge in [0.25, 0.3) is 0 Å². The number of hydrogen-bond acceptors (Lipinski definition) is 2. The second kappa shape index (κ2) is 7.44. The number of rotatable bonds is 6. The van der Waals surface area contributed by atoms with Gasteiger partial charge in [-0.3, -0.25) is 4.79 Å². The van der Waals surface area contributed by atoms with E-state index in [1.54, 1.807) is 0 Å². The van der Waals surface area contributed by atoms with Crippen molar-refractivity contribution in [3.05, 3.63) is 78.4 Å². The van der Waals surface area contributed by atoms with Crippen LogP contribution in [0.3, 0.4) is 0 Å². The summed E-state index contributed by atoms with van der Waals surface area (Å²) in [5.41, 5.74) is 2.89. The number of carbonyl (C=O) groups excluding carboxylic acids is 1. The maximum atomic E-state index is 12.3. The fourth-order valence-corrected chi connectivity index (χ4v) is 2.29. The average Bonchev–Trinajstić information content (AvgIpc) is 2.54. The lowest BCUT2D eigenvalue weighted by Crippen LogP contribution is -2.21. The van der Waals surface area contributed by atoms with Crippen LogP contribution in [0, 0.1) is 5.92 Å². The van der Waals surface area contributed by atoms with Crippen LogP contribution in [0.2, 0.25) is 0 Å².